The first-order valence-corrected chi connectivity index (χ1v) is 8.56. The predicted octanol–water partition coefficient (Wildman–Crippen LogP) is -0.403. The van der Waals surface area contributed by atoms with Crippen LogP contribution in [-0.4, -0.2) is 77.5 Å². The molecule has 8 heteroatoms. The normalized spacial score (nSPS) is 22.6. The lowest BCUT2D eigenvalue weighted by atomic mass is 9.96. The Bertz CT molecular complexity index is 542. The van der Waals surface area contributed by atoms with Crippen LogP contribution in [0.1, 0.15) is 18.7 Å². The fourth-order valence-electron chi connectivity index (χ4n) is 3.14. The Morgan fingerprint density at radius 3 is 2.96 bits per heavy atom. The van der Waals surface area contributed by atoms with Gasteiger partial charge in [-0.2, -0.15) is 0 Å². The van der Waals surface area contributed by atoms with Gasteiger partial charge < -0.3 is 19.9 Å². The molecule has 0 spiro atoms. The van der Waals surface area contributed by atoms with E-state index in [1.807, 2.05) is 4.90 Å². The van der Waals surface area contributed by atoms with E-state index in [1.165, 1.54) is 0 Å². The number of hydrogen-bond donors (Lipinski definition) is 2. The fourth-order valence-corrected chi connectivity index (χ4v) is 3.14. The summed E-state index contributed by atoms with van der Waals surface area (Å²) in [6.07, 6.45) is 4.46. The van der Waals surface area contributed by atoms with E-state index >= 15 is 0 Å². The van der Waals surface area contributed by atoms with Gasteiger partial charge in [0.25, 0.3) is 0 Å². The average Bonchev–Trinajstić information content (AvgIpc) is 3.13. The van der Waals surface area contributed by atoms with Crippen LogP contribution in [-0.2, 0) is 20.9 Å². The smallest absolute Gasteiger partial charge is 0.225 e. The lowest BCUT2D eigenvalue weighted by Gasteiger charge is -2.34. The maximum atomic E-state index is 12.3. The lowest BCUT2D eigenvalue weighted by molar-refractivity contribution is -0.138. The Labute approximate surface area is 141 Å². The first-order chi connectivity index (χ1) is 11.7. The third-order valence-electron chi connectivity index (χ3n) is 4.65. The van der Waals surface area contributed by atoms with Crippen LogP contribution in [0.5, 0.6) is 0 Å². The molecule has 2 aliphatic heterocycles. The molecule has 0 saturated carbocycles. The van der Waals surface area contributed by atoms with Gasteiger partial charge in [-0.15, -0.1) is 0 Å². The van der Waals surface area contributed by atoms with E-state index < -0.39 is 0 Å². The van der Waals surface area contributed by atoms with Gasteiger partial charge in [-0.3, -0.25) is 14.5 Å². The van der Waals surface area contributed by atoms with E-state index in [1.54, 1.807) is 12.4 Å². The minimum absolute atomic E-state index is 0.00438. The molecule has 0 radical (unpaired) electrons. The molecule has 1 aromatic heterocycles. The highest BCUT2D eigenvalue weighted by Gasteiger charge is 2.30. The summed E-state index contributed by atoms with van der Waals surface area (Å²) in [4.78, 5) is 35.6. The van der Waals surface area contributed by atoms with Crippen molar-refractivity contribution in [2.75, 3.05) is 45.9 Å². The molecule has 1 atom stereocenters. The molecule has 0 unspecified atom stereocenters. The van der Waals surface area contributed by atoms with Crippen LogP contribution < -0.4 is 5.32 Å². The topological polar surface area (TPSA) is 90.6 Å². The molecule has 3 rings (SSSR count). The Morgan fingerprint density at radius 1 is 1.38 bits per heavy atom. The van der Waals surface area contributed by atoms with Crippen LogP contribution >= 0.6 is 0 Å². The van der Waals surface area contributed by atoms with E-state index in [2.05, 4.69) is 20.2 Å². The summed E-state index contributed by atoms with van der Waals surface area (Å²) in [7, 11) is 0. The van der Waals surface area contributed by atoms with E-state index in [0.717, 1.165) is 38.7 Å². The minimum Gasteiger partial charge on any atom is -0.379 e. The van der Waals surface area contributed by atoms with Crippen molar-refractivity contribution in [2.24, 2.45) is 5.92 Å². The molecule has 1 aromatic rings. The van der Waals surface area contributed by atoms with Crippen molar-refractivity contribution in [3.05, 3.63) is 18.2 Å². The number of ether oxygens (including phenoxy) is 1. The molecule has 2 fully saturated rings. The number of piperidine rings is 1. The Kier molecular flexibility index (Phi) is 5.81. The second-order valence-electron chi connectivity index (χ2n) is 6.28. The Morgan fingerprint density at radius 2 is 2.21 bits per heavy atom. The molecule has 0 aromatic carbocycles. The highest BCUT2D eigenvalue weighted by Crippen LogP contribution is 2.18. The molecule has 2 amide bonds. The minimum atomic E-state index is -0.137. The fraction of sp³-hybridized carbons (Fsp3) is 0.688. The van der Waals surface area contributed by atoms with Crippen molar-refractivity contribution in [3.8, 4) is 0 Å². The van der Waals surface area contributed by atoms with Gasteiger partial charge in [-0.25, -0.2) is 4.98 Å². The van der Waals surface area contributed by atoms with Gasteiger partial charge in [0.15, 0.2) is 0 Å². The zero-order valence-corrected chi connectivity index (χ0v) is 13.9. The van der Waals surface area contributed by atoms with E-state index in [-0.39, 0.29) is 17.7 Å². The summed E-state index contributed by atoms with van der Waals surface area (Å²) in [5, 5.41) is 2.90. The monoisotopic (exact) mass is 335 g/mol. The van der Waals surface area contributed by atoms with Crippen LogP contribution in [0, 0.1) is 5.92 Å². The van der Waals surface area contributed by atoms with Gasteiger partial charge in [0, 0.05) is 51.5 Å². The largest absolute Gasteiger partial charge is 0.379 e. The van der Waals surface area contributed by atoms with Crippen molar-refractivity contribution in [1.29, 1.82) is 0 Å². The molecule has 2 saturated heterocycles. The van der Waals surface area contributed by atoms with Gasteiger partial charge in [0.1, 0.15) is 5.82 Å². The zero-order valence-electron chi connectivity index (χ0n) is 13.9. The molecule has 24 heavy (non-hydrogen) atoms. The SMILES string of the molecule is O=C(NCc1ncc[nH]1)[C@H]1CCC(=O)N(CCN2CCOCC2)C1. The predicted molar refractivity (Wildman–Crippen MR) is 87.0 cm³/mol. The zero-order chi connectivity index (χ0) is 16.8. The number of nitrogens with zero attached hydrogens (tertiary/aromatic N) is 3. The molecular formula is C16H25N5O3. The number of carbonyl (C=O) groups excluding carboxylic acids is 2. The lowest BCUT2D eigenvalue weighted by Crippen LogP contribution is -2.49. The molecule has 0 bridgehead atoms. The Balaban J connectivity index is 1.45. The maximum Gasteiger partial charge on any atom is 0.225 e. The van der Waals surface area contributed by atoms with Crippen LogP contribution in [0.25, 0.3) is 0 Å². The molecule has 0 aliphatic carbocycles. The van der Waals surface area contributed by atoms with Crippen LogP contribution in [0.2, 0.25) is 0 Å². The van der Waals surface area contributed by atoms with E-state index in [0.29, 0.717) is 32.5 Å². The first kappa shape index (κ1) is 16.9. The third kappa shape index (κ3) is 4.55. The summed E-state index contributed by atoms with van der Waals surface area (Å²) >= 11 is 0. The number of rotatable bonds is 6. The molecular weight excluding hydrogens is 310 g/mol. The standard InChI is InChI=1S/C16H25N5O3/c22-15-2-1-13(16(23)19-11-14-17-3-4-18-14)12-21(15)6-5-20-7-9-24-10-8-20/h3-4,13H,1-2,5-12H2,(H,17,18)(H,19,23)/t13-/m0/s1. The Hall–Kier alpha value is -1.93. The summed E-state index contributed by atoms with van der Waals surface area (Å²) < 4.78 is 5.34. The van der Waals surface area contributed by atoms with Gasteiger partial charge in [0.05, 0.1) is 25.7 Å². The number of likely N-dealkylation sites (tertiary alicyclic amines) is 1. The van der Waals surface area contributed by atoms with Gasteiger partial charge in [-0.05, 0) is 6.42 Å². The number of aromatic amines is 1. The summed E-state index contributed by atoms with van der Waals surface area (Å²) in [5.41, 5.74) is 0. The molecule has 132 valence electrons. The highest BCUT2D eigenvalue weighted by atomic mass is 16.5. The van der Waals surface area contributed by atoms with Crippen molar-refractivity contribution < 1.29 is 14.3 Å². The first-order valence-electron chi connectivity index (χ1n) is 8.56. The van der Waals surface area contributed by atoms with Crippen LogP contribution in [0.15, 0.2) is 12.4 Å². The second-order valence-corrected chi connectivity index (χ2v) is 6.28. The number of H-pyrrole nitrogens is 1. The van der Waals surface area contributed by atoms with E-state index in [4.69, 9.17) is 4.74 Å². The molecule has 8 nitrogen and oxygen atoms in total. The molecule has 3 heterocycles. The number of amides is 2. The second kappa shape index (κ2) is 8.25. The van der Waals surface area contributed by atoms with E-state index in [9.17, 15) is 9.59 Å². The number of nitrogens with one attached hydrogen (secondary N) is 2. The average molecular weight is 335 g/mol. The molecule has 2 aliphatic rings. The maximum absolute atomic E-state index is 12.3. The number of aromatic nitrogens is 2. The van der Waals surface area contributed by atoms with Crippen molar-refractivity contribution >= 4 is 11.8 Å². The summed E-state index contributed by atoms with van der Waals surface area (Å²) in [6, 6.07) is 0. The van der Waals surface area contributed by atoms with Crippen molar-refractivity contribution in [2.45, 2.75) is 19.4 Å². The van der Waals surface area contributed by atoms with Crippen molar-refractivity contribution in [3.63, 3.8) is 0 Å². The molecule has 2 N–H and O–H groups in total. The van der Waals surface area contributed by atoms with Gasteiger partial charge >= 0.3 is 0 Å². The summed E-state index contributed by atoms with van der Waals surface area (Å²) in [5.74, 6) is 0.746. The van der Waals surface area contributed by atoms with Crippen LogP contribution in [0.4, 0.5) is 0 Å². The quantitative estimate of drug-likeness (QED) is 0.738. The highest BCUT2D eigenvalue weighted by molar-refractivity contribution is 5.83. The number of carbonyl (C=O) groups is 2. The number of morpholine rings is 1. The van der Waals surface area contributed by atoms with Crippen molar-refractivity contribution in [1.82, 2.24) is 25.1 Å². The number of hydrogen-bond acceptors (Lipinski definition) is 5. The van der Waals surface area contributed by atoms with Gasteiger partial charge in [-0.1, -0.05) is 0 Å². The van der Waals surface area contributed by atoms with Crippen LogP contribution in [0.3, 0.4) is 0 Å². The van der Waals surface area contributed by atoms with Gasteiger partial charge in [0.2, 0.25) is 11.8 Å². The number of imidazole rings is 1. The summed E-state index contributed by atoms with van der Waals surface area (Å²) in [6.45, 7) is 5.76. The third-order valence-corrected chi connectivity index (χ3v) is 4.65.